The summed E-state index contributed by atoms with van der Waals surface area (Å²) in [6.45, 7) is 9.52. The molecule has 0 aliphatic heterocycles. The monoisotopic (exact) mass is 269 g/mol. The number of methoxy groups -OCH3 is 1. The largest absolute Gasteiger partial charge is 0.385 e. The highest BCUT2D eigenvalue weighted by atomic mass is 16.5. The highest BCUT2D eigenvalue weighted by Crippen LogP contribution is 1.98. The van der Waals surface area contributed by atoms with Gasteiger partial charge < -0.3 is 15.0 Å². The maximum Gasteiger partial charge on any atom is 0.193 e. The maximum absolute atomic E-state index is 5.04. The van der Waals surface area contributed by atoms with Crippen LogP contribution in [0.1, 0.15) is 39.0 Å². The fourth-order valence-electron chi connectivity index (χ4n) is 1.77. The molecular formula is C15H31N3O. The topological polar surface area (TPSA) is 36.9 Å². The third-order valence-electron chi connectivity index (χ3n) is 2.87. The summed E-state index contributed by atoms with van der Waals surface area (Å²) in [4.78, 5) is 6.85. The van der Waals surface area contributed by atoms with Crippen LogP contribution in [0.25, 0.3) is 0 Å². The first-order chi connectivity index (χ1) is 9.26. The van der Waals surface area contributed by atoms with Gasteiger partial charge >= 0.3 is 0 Å². The summed E-state index contributed by atoms with van der Waals surface area (Å²) >= 11 is 0. The van der Waals surface area contributed by atoms with Crippen LogP contribution >= 0.6 is 0 Å². The van der Waals surface area contributed by atoms with Crippen molar-refractivity contribution in [3.63, 3.8) is 0 Å². The third-order valence-corrected chi connectivity index (χ3v) is 2.87. The van der Waals surface area contributed by atoms with Gasteiger partial charge in [0, 0.05) is 40.4 Å². The standard InChI is InChI=1S/C15H31N3O/c1-5-7-10-13-18(3)15(16-6-2)17-12-9-8-11-14-19-4/h5H,1,6-14H2,2-4H3,(H,16,17). The molecule has 1 N–H and O–H groups in total. The second-order valence-electron chi connectivity index (χ2n) is 4.64. The van der Waals surface area contributed by atoms with Gasteiger partial charge in [0.05, 0.1) is 0 Å². The number of guanidine groups is 1. The quantitative estimate of drug-likeness (QED) is 0.271. The van der Waals surface area contributed by atoms with Gasteiger partial charge in [0.15, 0.2) is 5.96 Å². The molecule has 112 valence electrons. The minimum atomic E-state index is 0.852. The van der Waals surface area contributed by atoms with Crippen LogP contribution in [0.4, 0.5) is 0 Å². The van der Waals surface area contributed by atoms with E-state index in [0.29, 0.717) is 0 Å². The van der Waals surface area contributed by atoms with Crippen molar-refractivity contribution in [3.8, 4) is 0 Å². The molecule has 0 atom stereocenters. The molecule has 0 aromatic carbocycles. The Hall–Kier alpha value is -1.03. The Bertz CT molecular complexity index is 242. The van der Waals surface area contributed by atoms with Crippen LogP contribution in [-0.2, 0) is 4.74 Å². The lowest BCUT2D eigenvalue weighted by atomic mass is 10.2. The lowest BCUT2D eigenvalue weighted by Gasteiger charge is -2.21. The van der Waals surface area contributed by atoms with Gasteiger partial charge in [-0.15, -0.1) is 6.58 Å². The van der Waals surface area contributed by atoms with E-state index < -0.39 is 0 Å². The molecule has 0 aliphatic rings. The second-order valence-corrected chi connectivity index (χ2v) is 4.64. The molecule has 0 unspecified atom stereocenters. The van der Waals surface area contributed by atoms with Crippen molar-refractivity contribution in [1.29, 1.82) is 0 Å². The third kappa shape index (κ3) is 10.6. The van der Waals surface area contributed by atoms with E-state index in [1.165, 1.54) is 6.42 Å². The fraction of sp³-hybridized carbons (Fsp3) is 0.800. The highest BCUT2D eigenvalue weighted by molar-refractivity contribution is 5.79. The summed E-state index contributed by atoms with van der Waals surface area (Å²) in [6.07, 6.45) is 7.57. The fourth-order valence-corrected chi connectivity index (χ4v) is 1.77. The van der Waals surface area contributed by atoms with Crippen molar-refractivity contribution < 1.29 is 4.74 Å². The van der Waals surface area contributed by atoms with Crippen molar-refractivity contribution in [3.05, 3.63) is 12.7 Å². The van der Waals surface area contributed by atoms with Gasteiger partial charge in [0.25, 0.3) is 0 Å². The smallest absolute Gasteiger partial charge is 0.193 e. The predicted molar refractivity (Wildman–Crippen MR) is 83.8 cm³/mol. The zero-order valence-electron chi connectivity index (χ0n) is 13.0. The second kappa shape index (κ2) is 13.4. The van der Waals surface area contributed by atoms with E-state index >= 15 is 0 Å². The highest BCUT2D eigenvalue weighted by Gasteiger charge is 2.03. The Morgan fingerprint density at radius 1 is 1.32 bits per heavy atom. The van der Waals surface area contributed by atoms with Gasteiger partial charge in [-0.2, -0.15) is 0 Å². The number of unbranched alkanes of at least 4 members (excludes halogenated alkanes) is 3. The average molecular weight is 269 g/mol. The van der Waals surface area contributed by atoms with Crippen LogP contribution in [-0.4, -0.2) is 51.3 Å². The van der Waals surface area contributed by atoms with Gasteiger partial charge in [-0.3, -0.25) is 4.99 Å². The average Bonchev–Trinajstić information content (AvgIpc) is 2.41. The number of nitrogens with one attached hydrogen (secondary N) is 1. The Kier molecular flexibility index (Phi) is 12.7. The van der Waals surface area contributed by atoms with Crippen LogP contribution in [0.3, 0.4) is 0 Å². The minimum Gasteiger partial charge on any atom is -0.385 e. The molecule has 0 radical (unpaired) electrons. The Morgan fingerprint density at radius 2 is 2.11 bits per heavy atom. The van der Waals surface area contributed by atoms with E-state index in [-0.39, 0.29) is 0 Å². The van der Waals surface area contributed by atoms with E-state index in [1.807, 2.05) is 6.08 Å². The summed E-state index contributed by atoms with van der Waals surface area (Å²) in [5, 5.41) is 3.34. The van der Waals surface area contributed by atoms with Crippen molar-refractivity contribution in [2.45, 2.75) is 39.0 Å². The normalized spacial score (nSPS) is 11.4. The van der Waals surface area contributed by atoms with Crippen LogP contribution < -0.4 is 5.32 Å². The van der Waals surface area contributed by atoms with E-state index in [4.69, 9.17) is 4.74 Å². The SMILES string of the molecule is C=CCCCN(C)C(=NCCCCCOC)NCC. The van der Waals surface area contributed by atoms with Crippen molar-refractivity contribution in [2.24, 2.45) is 4.99 Å². The Labute approximate surface area is 118 Å². The first-order valence-corrected chi connectivity index (χ1v) is 7.35. The van der Waals surface area contributed by atoms with Crippen LogP contribution in [0, 0.1) is 0 Å². The van der Waals surface area contributed by atoms with Crippen molar-refractivity contribution >= 4 is 5.96 Å². The predicted octanol–water partition coefficient (Wildman–Crippen LogP) is 2.67. The van der Waals surface area contributed by atoms with Crippen molar-refractivity contribution in [2.75, 3.05) is 40.4 Å². The van der Waals surface area contributed by atoms with Crippen molar-refractivity contribution in [1.82, 2.24) is 10.2 Å². The summed E-state index contributed by atoms with van der Waals surface area (Å²) in [5.41, 5.74) is 0. The zero-order chi connectivity index (χ0) is 14.3. The summed E-state index contributed by atoms with van der Waals surface area (Å²) in [5.74, 6) is 1.01. The Morgan fingerprint density at radius 3 is 2.74 bits per heavy atom. The van der Waals surface area contributed by atoms with Crippen LogP contribution in [0.15, 0.2) is 17.6 Å². The van der Waals surface area contributed by atoms with Gasteiger partial charge in [0.1, 0.15) is 0 Å². The number of hydrogen-bond donors (Lipinski definition) is 1. The number of aliphatic imine (C=N–C) groups is 1. The lowest BCUT2D eigenvalue weighted by Crippen LogP contribution is -2.39. The maximum atomic E-state index is 5.04. The Balaban J connectivity index is 3.95. The minimum absolute atomic E-state index is 0.852. The molecular weight excluding hydrogens is 238 g/mol. The summed E-state index contributed by atoms with van der Waals surface area (Å²) < 4.78 is 5.04. The number of ether oxygens (including phenoxy) is 1. The molecule has 0 fully saturated rings. The zero-order valence-corrected chi connectivity index (χ0v) is 13.0. The van der Waals surface area contributed by atoms with Crippen LogP contribution in [0.5, 0.6) is 0 Å². The molecule has 0 bridgehead atoms. The molecule has 0 saturated heterocycles. The molecule has 4 nitrogen and oxygen atoms in total. The summed E-state index contributed by atoms with van der Waals surface area (Å²) in [6, 6.07) is 0. The van der Waals surface area contributed by atoms with E-state index in [9.17, 15) is 0 Å². The van der Waals surface area contributed by atoms with Crippen LogP contribution in [0.2, 0.25) is 0 Å². The molecule has 0 heterocycles. The molecule has 0 spiro atoms. The lowest BCUT2D eigenvalue weighted by molar-refractivity contribution is 0.192. The molecule has 4 heteroatoms. The first kappa shape index (κ1) is 18.0. The molecule has 0 rings (SSSR count). The van der Waals surface area contributed by atoms with Gasteiger partial charge in [-0.05, 0) is 39.0 Å². The van der Waals surface area contributed by atoms with E-state index in [0.717, 1.165) is 57.9 Å². The molecule has 0 aliphatic carbocycles. The van der Waals surface area contributed by atoms with Gasteiger partial charge in [0.2, 0.25) is 0 Å². The van der Waals surface area contributed by atoms with E-state index in [1.54, 1.807) is 7.11 Å². The van der Waals surface area contributed by atoms with Gasteiger partial charge in [-0.25, -0.2) is 0 Å². The molecule has 19 heavy (non-hydrogen) atoms. The van der Waals surface area contributed by atoms with E-state index in [2.05, 4.69) is 35.8 Å². The first-order valence-electron chi connectivity index (χ1n) is 7.35. The molecule has 0 amide bonds. The molecule has 0 saturated carbocycles. The van der Waals surface area contributed by atoms with Gasteiger partial charge in [-0.1, -0.05) is 6.08 Å². The number of allylic oxidation sites excluding steroid dienone is 1. The number of rotatable bonds is 11. The number of hydrogen-bond acceptors (Lipinski definition) is 2. The molecule has 0 aromatic rings. The summed E-state index contributed by atoms with van der Waals surface area (Å²) in [7, 11) is 3.84. The molecule has 0 aromatic heterocycles. The number of nitrogens with zero attached hydrogens (tertiary/aromatic N) is 2.